The number of aromatic nitrogens is 2. The number of ketones is 2. The molecule has 1 aliphatic carbocycles. The Morgan fingerprint density at radius 2 is 2.03 bits per heavy atom. The lowest BCUT2D eigenvalue weighted by molar-refractivity contribution is -0.118. The maximum atomic E-state index is 13.6. The molecule has 158 valence electrons. The van der Waals surface area contributed by atoms with Crippen molar-refractivity contribution in [1.82, 2.24) is 10.2 Å². The van der Waals surface area contributed by atoms with Crippen LogP contribution in [0.2, 0.25) is 5.02 Å². The molecule has 10 heteroatoms. The summed E-state index contributed by atoms with van der Waals surface area (Å²) in [5.41, 5.74) is -1.11. The van der Waals surface area contributed by atoms with Crippen LogP contribution in [0.1, 0.15) is 42.6 Å². The molecule has 1 aliphatic heterocycles. The number of allylic oxidation sites excluding steroid dienone is 1. The highest BCUT2D eigenvalue weighted by atomic mass is 35.5. The Labute approximate surface area is 176 Å². The summed E-state index contributed by atoms with van der Waals surface area (Å²) in [6.45, 7) is 3.22. The summed E-state index contributed by atoms with van der Waals surface area (Å²) in [5, 5.41) is 17.4. The summed E-state index contributed by atoms with van der Waals surface area (Å²) >= 11 is 6.59. The van der Waals surface area contributed by atoms with Crippen LogP contribution in [-0.4, -0.2) is 46.7 Å². The van der Waals surface area contributed by atoms with Crippen LogP contribution in [0.4, 0.5) is 0 Å². The molecule has 30 heavy (non-hydrogen) atoms. The third-order valence-electron chi connectivity index (χ3n) is 5.34. The number of carbonyl (C=O) groups excluding carboxylic acids is 2. The van der Waals surface area contributed by atoms with Gasteiger partial charge in [-0.3, -0.25) is 9.59 Å². The molecule has 1 unspecified atom stereocenters. The fraction of sp³-hybridized carbons (Fsp3) is 0.400. The molecule has 0 radical (unpaired) electrons. The molecule has 4 rings (SSSR count). The van der Waals surface area contributed by atoms with E-state index in [1.807, 2.05) is 0 Å². The number of halogens is 1. The van der Waals surface area contributed by atoms with E-state index in [4.69, 9.17) is 30.2 Å². The third-order valence-corrected chi connectivity index (χ3v) is 5.72. The van der Waals surface area contributed by atoms with Gasteiger partial charge in [-0.25, -0.2) is 0 Å². The van der Waals surface area contributed by atoms with E-state index in [9.17, 15) is 14.7 Å². The number of methoxy groups -OCH3 is 2. The van der Waals surface area contributed by atoms with Crippen LogP contribution >= 0.6 is 11.6 Å². The Hall–Kier alpha value is -2.91. The van der Waals surface area contributed by atoms with E-state index < -0.39 is 23.4 Å². The van der Waals surface area contributed by atoms with Crippen molar-refractivity contribution in [3.05, 3.63) is 34.4 Å². The van der Waals surface area contributed by atoms with Crippen LogP contribution in [0.25, 0.3) is 11.5 Å². The van der Waals surface area contributed by atoms with E-state index in [2.05, 4.69) is 10.2 Å². The fourth-order valence-electron chi connectivity index (χ4n) is 3.84. The maximum Gasteiger partial charge on any atom is 0.249 e. The van der Waals surface area contributed by atoms with Gasteiger partial charge in [-0.1, -0.05) is 18.5 Å². The van der Waals surface area contributed by atoms with Gasteiger partial charge in [-0.05, 0) is 13.0 Å². The second-order valence-electron chi connectivity index (χ2n) is 7.22. The van der Waals surface area contributed by atoms with Gasteiger partial charge in [0.25, 0.3) is 0 Å². The molecule has 1 N–H and O–H groups in total. The Morgan fingerprint density at radius 1 is 1.30 bits per heavy atom. The Bertz CT molecular complexity index is 1090. The highest BCUT2D eigenvalue weighted by Crippen LogP contribution is 2.54. The largest absolute Gasteiger partial charge is 0.496 e. The molecule has 0 bridgehead atoms. The first-order valence-corrected chi connectivity index (χ1v) is 9.57. The maximum absolute atomic E-state index is 13.6. The molecule has 0 saturated heterocycles. The first kappa shape index (κ1) is 20.4. The van der Waals surface area contributed by atoms with Gasteiger partial charge in [0, 0.05) is 18.4 Å². The summed E-state index contributed by atoms with van der Waals surface area (Å²) < 4.78 is 22.4. The number of nitrogens with zero attached hydrogens (tertiary/aromatic N) is 2. The van der Waals surface area contributed by atoms with Gasteiger partial charge in [-0.15, -0.1) is 10.2 Å². The lowest BCUT2D eigenvalue weighted by atomic mass is 9.75. The quantitative estimate of drug-likeness (QED) is 0.773. The Morgan fingerprint density at radius 3 is 2.63 bits per heavy atom. The number of Topliss-reactive ketones (excluding diaryl/α,β-unsaturated/α-hetero) is 1. The van der Waals surface area contributed by atoms with E-state index in [1.54, 1.807) is 6.92 Å². The molecular weight excluding hydrogens is 416 g/mol. The number of fused-ring (bicyclic) bond motifs is 1. The molecule has 1 aromatic carbocycles. The molecule has 2 aliphatic rings. The summed E-state index contributed by atoms with van der Waals surface area (Å²) in [6, 6.07) is 1.50. The fourth-order valence-corrected chi connectivity index (χ4v) is 4.11. The van der Waals surface area contributed by atoms with E-state index in [0.717, 1.165) is 0 Å². The van der Waals surface area contributed by atoms with Crippen LogP contribution in [0.3, 0.4) is 0 Å². The zero-order chi connectivity index (χ0) is 21.8. The average Bonchev–Trinajstić information content (AvgIpc) is 3.31. The molecule has 0 saturated carbocycles. The normalized spacial score (nSPS) is 23.8. The van der Waals surface area contributed by atoms with Crippen molar-refractivity contribution in [2.24, 2.45) is 5.92 Å². The topological polar surface area (TPSA) is 121 Å². The van der Waals surface area contributed by atoms with Crippen LogP contribution in [0.5, 0.6) is 11.5 Å². The van der Waals surface area contributed by atoms with E-state index >= 15 is 0 Å². The van der Waals surface area contributed by atoms with Crippen molar-refractivity contribution < 1.29 is 33.3 Å². The molecule has 0 fully saturated rings. The van der Waals surface area contributed by atoms with Crippen molar-refractivity contribution in [1.29, 1.82) is 0 Å². The molecule has 9 nitrogen and oxygen atoms in total. The number of rotatable bonds is 4. The van der Waals surface area contributed by atoms with Crippen LogP contribution in [-0.2, 0) is 9.53 Å². The summed E-state index contributed by atoms with van der Waals surface area (Å²) in [4.78, 5) is 25.6. The summed E-state index contributed by atoms with van der Waals surface area (Å²) in [6.07, 6.45) is 0.427. The number of carbonyl (C=O) groups is 2. The first-order valence-electron chi connectivity index (χ1n) is 9.19. The Balaban J connectivity index is 1.91. The standard InChI is InChI=1S/C20H19ClN2O7/c1-8-5-10(25)6-13(28-4)20(8)17(26)14-12(27-3)7-11(15(21)16(14)30-20)19-23-22-18(29-19)9(2)24/h6-9,24H,5H2,1-4H3/t8-,9?,20+/m1/s1. The van der Waals surface area contributed by atoms with Gasteiger partial charge in [-0.2, -0.15) is 0 Å². The van der Waals surface area contributed by atoms with Crippen molar-refractivity contribution >= 4 is 23.2 Å². The third kappa shape index (κ3) is 2.73. The highest BCUT2D eigenvalue weighted by molar-refractivity contribution is 6.36. The number of ether oxygens (including phenoxy) is 3. The van der Waals surface area contributed by atoms with Gasteiger partial charge >= 0.3 is 0 Å². The van der Waals surface area contributed by atoms with Crippen molar-refractivity contribution in [2.45, 2.75) is 32.0 Å². The predicted molar refractivity (Wildman–Crippen MR) is 103 cm³/mol. The van der Waals surface area contributed by atoms with Crippen LogP contribution < -0.4 is 9.47 Å². The van der Waals surface area contributed by atoms with Gasteiger partial charge < -0.3 is 23.7 Å². The van der Waals surface area contributed by atoms with Crippen molar-refractivity contribution in [3.8, 4) is 23.0 Å². The van der Waals surface area contributed by atoms with Crippen LogP contribution in [0.15, 0.2) is 22.3 Å². The molecule has 1 spiro atoms. The van der Waals surface area contributed by atoms with Gasteiger partial charge in [0.15, 0.2) is 17.3 Å². The number of benzene rings is 1. The average molecular weight is 435 g/mol. The number of aliphatic hydroxyl groups excluding tert-OH is 1. The van der Waals surface area contributed by atoms with Crippen molar-refractivity contribution in [2.75, 3.05) is 14.2 Å². The molecule has 1 aromatic heterocycles. The molecule has 2 heterocycles. The highest BCUT2D eigenvalue weighted by Gasteiger charge is 2.59. The van der Waals surface area contributed by atoms with Gasteiger partial charge in [0.05, 0.1) is 24.8 Å². The zero-order valence-electron chi connectivity index (χ0n) is 16.7. The van der Waals surface area contributed by atoms with Gasteiger partial charge in [0.1, 0.15) is 17.4 Å². The monoisotopic (exact) mass is 434 g/mol. The zero-order valence-corrected chi connectivity index (χ0v) is 17.4. The smallest absolute Gasteiger partial charge is 0.249 e. The summed E-state index contributed by atoms with van der Waals surface area (Å²) in [5.74, 6) is -0.639. The van der Waals surface area contributed by atoms with E-state index in [0.29, 0.717) is 0 Å². The minimum Gasteiger partial charge on any atom is -0.496 e. The second kappa shape index (κ2) is 7.10. The number of aliphatic hydroxyl groups is 1. The SMILES string of the molecule is COC1=CC(=O)C[C@@H](C)[C@]12Oc1c(Cl)c(-c3nnc(C(C)O)o3)cc(OC)c1C2=O. The summed E-state index contributed by atoms with van der Waals surface area (Å²) in [7, 11) is 2.78. The van der Waals surface area contributed by atoms with Crippen LogP contribution in [0, 0.1) is 5.92 Å². The van der Waals surface area contributed by atoms with Crippen molar-refractivity contribution in [3.63, 3.8) is 0 Å². The minimum atomic E-state index is -1.53. The number of hydrogen-bond donors (Lipinski definition) is 1. The minimum absolute atomic E-state index is 0.0121. The lowest BCUT2D eigenvalue weighted by Crippen LogP contribution is -2.51. The molecular formula is C20H19ClN2O7. The molecule has 2 aromatic rings. The molecule has 3 atom stereocenters. The first-order chi connectivity index (χ1) is 14.2. The lowest BCUT2D eigenvalue weighted by Gasteiger charge is -2.36. The number of hydrogen-bond acceptors (Lipinski definition) is 9. The molecule has 0 amide bonds. The Kier molecular flexibility index (Phi) is 4.82. The van der Waals surface area contributed by atoms with Gasteiger partial charge in [0.2, 0.25) is 23.2 Å². The predicted octanol–water partition coefficient (Wildman–Crippen LogP) is 2.91. The van der Waals surface area contributed by atoms with E-state index in [1.165, 1.54) is 33.3 Å². The second-order valence-corrected chi connectivity index (χ2v) is 7.59. The van der Waals surface area contributed by atoms with E-state index in [-0.39, 0.29) is 57.4 Å².